The molecule has 0 amide bonds. The van der Waals surface area contributed by atoms with Crippen molar-refractivity contribution in [1.82, 2.24) is 0 Å². The molecule has 1 unspecified atom stereocenters. The summed E-state index contributed by atoms with van der Waals surface area (Å²) in [6.45, 7) is 1.53. The van der Waals surface area contributed by atoms with E-state index in [1.807, 2.05) is 0 Å². The fourth-order valence-corrected chi connectivity index (χ4v) is 0.955. The molecule has 1 heterocycles. The maximum absolute atomic E-state index is 10.2. The summed E-state index contributed by atoms with van der Waals surface area (Å²) in [4.78, 5) is 0. The lowest BCUT2D eigenvalue weighted by atomic mass is 10.3. The molecule has 0 spiro atoms. The fourth-order valence-electron chi connectivity index (χ4n) is 0.479. The molecule has 0 saturated carbocycles. The SMILES string of the molecule is CC1([CH]S(=O)O)N=NN=N1. The lowest BCUT2D eigenvalue weighted by molar-refractivity contribution is 0.539. The monoisotopic (exact) mass is 161 g/mol. The minimum absolute atomic E-state index is 1.03. The Bertz CT molecular complexity index is 201. The maximum atomic E-state index is 10.2. The predicted octanol–water partition coefficient (Wildman–Crippen LogP) is 0.919. The largest absolute Gasteiger partial charge is 0.306 e. The van der Waals surface area contributed by atoms with E-state index in [9.17, 15) is 4.21 Å². The zero-order valence-electron chi connectivity index (χ0n) is 5.13. The molecule has 0 aromatic rings. The van der Waals surface area contributed by atoms with Gasteiger partial charge in [-0.2, -0.15) is 0 Å². The van der Waals surface area contributed by atoms with E-state index in [2.05, 4.69) is 20.7 Å². The van der Waals surface area contributed by atoms with Crippen LogP contribution in [0.1, 0.15) is 6.92 Å². The second-order valence-corrected chi connectivity index (χ2v) is 2.66. The van der Waals surface area contributed by atoms with Crippen LogP contribution in [-0.4, -0.2) is 14.4 Å². The van der Waals surface area contributed by atoms with Gasteiger partial charge in [0.05, 0.1) is 0 Å². The van der Waals surface area contributed by atoms with Gasteiger partial charge in [-0.05, 0) is 17.4 Å². The first-order chi connectivity index (χ1) is 4.62. The number of nitrogens with zero attached hydrogens (tertiary/aromatic N) is 4. The molecule has 0 aliphatic carbocycles. The van der Waals surface area contributed by atoms with E-state index >= 15 is 0 Å². The van der Waals surface area contributed by atoms with Gasteiger partial charge in [0, 0.05) is 0 Å². The van der Waals surface area contributed by atoms with E-state index in [0.717, 1.165) is 5.75 Å². The van der Waals surface area contributed by atoms with Crippen molar-refractivity contribution in [3.8, 4) is 0 Å². The molecule has 7 heteroatoms. The van der Waals surface area contributed by atoms with Crippen LogP contribution < -0.4 is 0 Å². The Morgan fingerprint density at radius 1 is 1.50 bits per heavy atom. The van der Waals surface area contributed by atoms with Crippen LogP contribution in [0.4, 0.5) is 0 Å². The van der Waals surface area contributed by atoms with E-state index in [-0.39, 0.29) is 0 Å². The third kappa shape index (κ3) is 1.64. The van der Waals surface area contributed by atoms with Gasteiger partial charge in [-0.25, -0.2) is 4.21 Å². The van der Waals surface area contributed by atoms with E-state index in [1.54, 1.807) is 0 Å². The molecule has 55 valence electrons. The second kappa shape index (κ2) is 2.51. The van der Waals surface area contributed by atoms with Crippen LogP contribution in [0, 0.1) is 5.75 Å². The summed E-state index contributed by atoms with van der Waals surface area (Å²) >= 11 is -2.03. The molecule has 1 N–H and O–H groups in total. The topological polar surface area (TPSA) is 86.7 Å². The molecule has 0 aromatic carbocycles. The summed E-state index contributed by atoms with van der Waals surface area (Å²) in [5, 5.41) is 13.4. The summed E-state index contributed by atoms with van der Waals surface area (Å²) in [5.41, 5.74) is -1.04. The Morgan fingerprint density at radius 3 is 2.40 bits per heavy atom. The molecule has 1 aliphatic rings. The molecule has 1 aliphatic heterocycles. The molecular weight excluding hydrogens is 156 g/mol. The molecule has 1 rings (SSSR count). The number of hydrogen-bond donors (Lipinski definition) is 1. The van der Waals surface area contributed by atoms with Gasteiger partial charge < -0.3 is 4.55 Å². The molecule has 0 fully saturated rings. The van der Waals surface area contributed by atoms with Gasteiger partial charge in [0.15, 0.2) is 11.1 Å². The van der Waals surface area contributed by atoms with Crippen molar-refractivity contribution in [3.05, 3.63) is 5.75 Å². The molecule has 10 heavy (non-hydrogen) atoms. The number of hydrogen-bond acceptors (Lipinski definition) is 5. The van der Waals surface area contributed by atoms with Crippen molar-refractivity contribution in [2.45, 2.75) is 12.6 Å². The molecule has 0 saturated heterocycles. The highest BCUT2D eigenvalue weighted by Gasteiger charge is 2.29. The van der Waals surface area contributed by atoms with E-state index in [4.69, 9.17) is 4.55 Å². The highest BCUT2D eigenvalue weighted by atomic mass is 32.2. The Balaban J connectivity index is 2.62. The standard InChI is InChI=1S/C3H5N4O2S/c1-3(2-10(8)9)4-6-7-5-3/h2H,1H3,(H,8,9). The van der Waals surface area contributed by atoms with Gasteiger partial charge in [0.2, 0.25) is 5.66 Å². The van der Waals surface area contributed by atoms with Crippen LogP contribution in [0.2, 0.25) is 0 Å². The average molecular weight is 161 g/mol. The second-order valence-electron chi connectivity index (χ2n) is 1.87. The first-order valence-corrected chi connectivity index (χ1v) is 3.59. The van der Waals surface area contributed by atoms with Crippen LogP contribution >= 0.6 is 0 Å². The van der Waals surface area contributed by atoms with Crippen LogP contribution in [0.15, 0.2) is 20.7 Å². The molecule has 0 bridgehead atoms. The summed E-state index contributed by atoms with van der Waals surface area (Å²) in [6.07, 6.45) is 0. The Hall–Kier alpha value is -0.690. The highest BCUT2D eigenvalue weighted by molar-refractivity contribution is 7.81. The van der Waals surface area contributed by atoms with Crippen LogP contribution in [0.25, 0.3) is 0 Å². The van der Waals surface area contributed by atoms with Crippen molar-refractivity contribution < 1.29 is 8.76 Å². The van der Waals surface area contributed by atoms with Gasteiger partial charge in [-0.1, -0.05) is 0 Å². The van der Waals surface area contributed by atoms with Crippen LogP contribution in [-0.2, 0) is 11.1 Å². The summed E-state index contributed by atoms with van der Waals surface area (Å²) < 4.78 is 18.6. The third-order valence-corrected chi connectivity index (χ3v) is 1.51. The third-order valence-electron chi connectivity index (χ3n) is 0.858. The lowest BCUT2D eigenvalue weighted by Gasteiger charge is -2.07. The molecular formula is C3H5N4O2S. The van der Waals surface area contributed by atoms with Crippen molar-refractivity contribution in [1.29, 1.82) is 0 Å². The Labute approximate surface area is 59.7 Å². The fraction of sp³-hybridized carbons (Fsp3) is 0.667. The highest BCUT2D eigenvalue weighted by Crippen LogP contribution is 2.22. The molecule has 1 atom stereocenters. The van der Waals surface area contributed by atoms with Gasteiger partial charge >= 0.3 is 0 Å². The number of rotatable bonds is 2. The summed E-state index contributed by atoms with van der Waals surface area (Å²) in [7, 11) is 0. The zero-order chi connectivity index (χ0) is 7.61. The lowest BCUT2D eigenvalue weighted by Crippen LogP contribution is -2.18. The van der Waals surface area contributed by atoms with Crippen molar-refractivity contribution in [3.63, 3.8) is 0 Å². The quantitative estimate of drug-likeness (QED) is 0.610. The predicted molar refractivity (Wildman–Crippen MR) is 33.2 cm³/mol. The first-order valence-electron chi connectivity index (χ1n) is 2.42. The zero-order valence-corrected chi connectivity index (χ0v) is 5.95. The van der Waals surface area contributed by atoms with E-state index in [0.29, 0.717) is 0 Å². The molecule has 0 aromatic heterocycles. The van der Waals surface area contributed by atoms with Crippen LogP contribution in [0.3, 0.4) is 0 Å². The Kier molecular flexibility index (Phi) is 1.86. The minimum atomic E-state index is -2.03. The smallest absolute Gasteiger partial charge is 0.210 e. The molecule has 1 radical (unpaired) electrons. The van der Waals surface area contributed by atoms with Gasteiger partial charge in [-0.3, -0.25) is 0 Å². The van der Waals surface area contributed by atoms with Crippen LogP contribution in [0.5, 0.6) is 0 Å². The summed E-state index contributed by atoms with van der Waals surface area (Å²) in [6, 6.07) is 0. The minimum Gasteiger partial charge on any atom is -0.306 e. The van der Waals surface area contributed by atoms with Gasteiger partial charge in [-0.15, -0.1) is 10.2 Å². The average Bonchev–Trinajstić information content (AvgIpc) is 2.12. The normalized spacial score (nSPS) is 23.4. The Morgan fingerprint density at radius 2 is 2.00 bits per heavy atom. The van der Waals surface area contributed by atoms with Crippen molar-refractivity contribution in [2.75, 3.05) is 0 Å². The van der Waals surface area contributed by atoms with Crippen molar-refractivity contribution in [2.24, 2.45) is 20.7 Å². The van der Waals surface area contributed by atoms with Gasteiger partial charge in [0.1, 0.15) is 5.75 Å². The van der Waals surface area contributed by atoms with Gasteiger partial charge in [0.25, 0.3) is 0 Å². The van der Waals surface area contributed by atoms with E-state index in [1.165, 1.54) is 6.92 Å². The van der Waals surface area contributed by atoms with E-state index < -0.39 is 16.7 Å². The first kappa shape index (κ1) is 7.42. The molecule has 6 nitrogen and oxygen atoms in total. The van der Waals surface area contributed by atoms with Crippen molar-refractivity contribution >= 4 is 11.1 Å². The maximum Gasteiger partial charge on any atom is 0.210 e. The summed E-state index contributed by atoms with van der Waals surface area (Å²) in [5.74, 6) is 1.03.